The number of methoxy groups -OCH3 is 1. The molecule has 0 amide bonds. The molecule has 0 spiro atoms. The molecule has 0 aliphatic rings. The molecular formula is C13H16N2O3. The number of benzene rings is 1. The van der Waals surface area contributed by atoms with Crippen molar-refractivity contribution in [1.29, 1.82) is 0 Å². The maximum absolute atomic E-state index is 11.2. The Hall–Kier alpha value is -1.88. The lowest BCUT2D eigenvalue weighted by molar-refractivity contribution is 0.0698. The standard InChI is InChI=1S/C13H16N2O3/c1-9(6-7-18-2)15-8-14-11-5-3-4-10(12(11)15)13(16)17/h3-5,8-9H,6-7H2,1-2H3,(H,16,17). The van der Waals surface area contributed by atoms with Gasteiger partial charge in [-0.2, -0.15) is 0 Å². The second-order valence-corrected chi connectivity index (χ2v) is 4.26. The van der Waals surface area contributed by atoms with Crippen LogP contribution in [0.5, 0.6) is 0 Å². The van der Waals surface area contributed by atoms with Crippen molar-refractivity contribution in [2.24, 2.45) is 0 Å². The fourth-order valence-electron chi connectivity index (χ4n) is 2.02. The third-order valence-electron chi connectivity index (χ3n) is 3.04. The smallest absolute Gasteiger partial charge is 0.337 e. The number of imidazole rings is 1. The van der Waals surface area contributed by atoms with Crippen LogP contribution in [0.4, 0.5) is 0 Å². The molecule has 0 aliphatic carbocycles. The molecule has 0 radical (unpaired) electrons. The molecule has 1 atom stereocenters. The maximum atomic E-state index is 11.2. The summed E-state index contributed by atoms with van der Waals surface area (Å²) in [6.45, 7) is 2.66. The van der Waals surface area contributed by atoms with Gasteiger partial charge in [-0.15, -0.1) is 0 Å². The molecule has 1 aromatic carbocycles. The SMILES string of the molecule is COCCC(C)n1cnc2cccc(C(=O)O)c21. The predicted octanol–water partition coefficient (Wildman–Crippen LogP) is 2.33. The Morgan fingerprint density at radius 2 is 2.33 bits per heavy atom. The van der Waals surface area contributed by atoms with Crippen LogP contribution in [0.1, 0.15) is 29.7 Å². The summed E-state index contributed by atoms with van der Waals surface area (Å²) in [4.78, 5) is 15.5. The van der Waals surface area contributed by atoms with Gasteiger partial charge in [-0.3, -0.25) is 0 Å². The van der Waals surface area contributed by atoms with Crippen LogP contribution in [0.25, 0.3) is 11.0 Å². The van der Waals surface area contributed by atoms with Crippen LogP contribution in [0.2, 0.25) is 0 Å². The minimum atomic E-state index is -0.929. The zero-order valence-corrected chi connectivity index (χ0v) is 10.5. The van der Waals surface area contributed by atoms with Gasteiger partial charge in [0.25, 0.3) is 0 Å². The first-order valence-corrected chi connectivity index (χ1v) is 5.83. The molecule has 1 N–H and O–H groups in total. The lowest BCUT2D eigenvalue weighted by Gasteiger charge is -2.14. The van der Waals surface area contributed by atoms with Crippen molar-refractivity contribution in [1.82, 2.24) is 9.55 Å². The second-order valence-electron chi connectivity index (χ2n) is 4.26. The highest BCUT2D eigenvalue weighted by atomic mass is 16.5. The number of fused-ring (bicyclic) bond motifs is 1. The van der Waals surface area contributed by atoms with E-state index in [2.05, 4.69) is 4.98 Å². The number of aromatic nitrogens is 2. The van der Waals surface area contributed by atoms with Crippen molar-refractivity contribution in [2.45, 2.75) is 19.4 Å². The summed E-state index contributed by atoms with van der Waals surface area (Å²) in [5, 5.41) is 9.22. The molecule has 5 nitrogen and oxygen atoms in total. The van der Waals surface area contributed by atoms with Crippen molar-refractivity contribution in [3.63, 3.8) is 0 Å². The molecular weight excluding hydrogens is 232 g/mol. The van der Waals surface area contributed by atoms with Crippen LogP contribution >= 0.6 is 0 Å². The minimum absolute atomic E-state index is 0.149. The number of nitrogens with zero attached hydrogens (tertiary/aromatic N) is 2. The van der Waals surface area contributed by atoms with Gasteiger partial charge in [0, 0.05) is 19.8 Å². The van der Waals surface area contributed by atoms with E-state index in [0.717, 1.165) is 6.42 Å². The number of aromatic carboxylic acids is 1. The Labute approximate surface area is 105 Å². The molecule has 1 heterocycles. The molecule has 0 saturated heterocycles. The van der Waals surface area contributed by atoms with Gasteiger partial charge in [-0.05, 0) is 25.5 Å². The van der Waals surface area contributed by atoms with Gasteiger partial charge in [0.2, 0.25) is 0 Å². The van der Waals surface area contributed by atoms with Crippen LogP contribution in [0.3, 0.4) is 0 Å². The number of para-hydroxylation sites is 1. The molecule has 1 unspecified atom stereocenters. The number of carbonyl (C=O) groups is 1. The van der Waals surface area contributed by atoms with E-state index >= 15 is 0 Å². The van der Waals surface area contributed by atoms with Crippen LogP contribution in [-0.2, 0) is 4.74 Å². The Bertz CT molecular complexity index is 562. The second kappa shape index (κ2) is 5.18. The molecule has 0 saturated carbocycles. The molecule has 0 bridgehead atoms. The van der Waals surface area contributed by atoms with Crippen molar-refractivity contribution in [2.75, 3.05) is 13.7 Å². The Kier molecular flexibility index (Phi) is 3.62. The zero-order chi connectivity index (χ0) is 13.1. The molecule has 2 aromatic rings. The van der Waals surface area contributed by atoms with Crippen LogP contribution in [0.15, 0.2) is 24.5 Å². The quantitative estimate of drug-likeness (QED) is 0.882. The summed E-state index contributed by atoms with van der Waals surface area (Å²) >= 11 is 0. The summed E-state index contributed by atoms with van der Waals surface area (Å²) in [6, 6.07) is 5.28. The van der Waals surface area contributed by atoms with Gasteiger partial charge in [0.15, 0.2) is 0 Å². The summed E-state index contributed by atoms with van der Waals surface area (Å²) < 4.78 is 6.95. The first-order valence-electron chi connectivity index (χ1n) is 5.83. The van der Waals surface area contributed by atoms with E-state index in [4.69, 9.17) is 4.74 Å². The van der Waals surface area contributed by atoms with E-state index in [9.17, 15) is 9.90 Å². The topological polar surface area (TPSA) is 64.4 Å². The van der Waals surface area contributed by atoms with Crippen molar-refractivity contribution < 1.29 is 14.6 Å². The van der Waals surface area contributed by atoms with Gasteiger partial charge < -0.3 is 14.4 Å². The molecule has 96 valence electrons. The predicted molar refractivity (Wildman–Crippen MR) is 67.9 cm³/mol. The average Bonchev–Trinajstić information content (AvgIpc) is 2.79. The van der Waals surface area contributed by atoms with Gasteiger partial charge in [0.1, 0.15) is 0 Å². The van der Waals surface area contributed by atoms with E-state index in [-0.39, 0.29) is 11.6 Å². The largest absolute Gasteiger partial charge is 0.478 e. The number of hydrogen-bond donors (Lipinski definition) is 1. The number of ether oxygens (including phenoxy) is 1. The maximum Gasteiger partial charge on any atom is 0.337 e. The zero-order valence-electron chi connectivity index (χ0n) is 10.5. The Morgan fingerprint density at radius 3 is 3.00 bits per heavy atom. The molecule has 0 aliphatic heterocycles. The van der Waals surface area contributed by atoms with Gasteiger partial charge in [-0.1, -0.05) is 6.07 Å². The van der Waals surface area contributed by atoms with Crippen molar-refractivity contribution in [3.05, 3.63) is 30.1 Å². The van der Waals surface area contributed by atoms with Crippen molar-refractivity contribution >= 4 is 17.0 Å². The first-order chi connectivity index (χ1) is 8.65. The van der Waals surface area contributed by atoms with E-state index < -0.39 is 5.97 Å². The fraction of sp³-hybridized carbons (Fsp3) is 0.385. The number of carboxylic acids is 1. The van der Waals surface area contributed by atoms with E-state index in [1.165, 1.54) is 0 Å². The lowest BCUT2D eigenvalue weighted by Crippen LogP contribution is -2.09. The fourth-order valence-corrected chi connectivity index (χ4v) is 2.02. The summed E-state index contributed by atoms with van der Waals surface area (Å²) in [5.41, 5.74) is 1.67. The molecule has 1 aromatic heterocycles. The number of carboxylic acid groups (broad SMARTS) is 1. The third kappa shape index (κ3) is 2.22. The normalized spacial score (nSPS) is 12.8. The summed E-state index contributed by atoms with van der Waals surface area (Å²) in [6.07, 6.45) is 2.51. The summed E-state index contributed by atoms with van der Waals surface area (Å²) in [7, 11) is 1.65. The van der Waals surface area contributed by atoms with E-state index in [1.54, 1.807) is 25.6 Å². The summed E-state index contributed by atoms with van der Waals surface area (Å²) in [5.74, 6) is -0.929. The van der Waals surface area contributed by atoms with Crippen molar-refractivity contribution in [3.8, 4) is 0 Å². The lowest BCUT2D eigenvalue weighted by atomic mass is 10.1. The average molecular weight is 248 g/mol. The Morgan fingerprint density at radius 1 is 1.56 bits per heavy atom. The molecule has 18 heavy (non-hydrogen) atoms. The Balaban J connectivity index is 2.48. The van der Waals surface area contributed by atoms with Crippen LogP contribution in [-0.4, -0.2) is 34.3 Å². The van der Waals surface area contributed by atoms with E-state index in [1.807, 2.05) is 17.6 Å². The first kappa shape index (κ1) is 12.6. The highest BCUT2D eigenvalue weighted by Crippen LogP contribution is 2.23. The molecule has 0 fully saturated rings. The van der Waals surface area contributed by atoms with Gasteiger partial charge in [-0.25, -0.2) is 9.78 Å². The highest BCUT2D eigenvalue weighted by Gasteiger charge is 2.16. The highest BCUT2D eigenvalue weighted by molar-refractivity contribution is 6.01. The van der Waals surface area contributed by atoms with E-state index in [0.29, 0.717) is 17.6 Å². The third-order valence-corrected chi connectivity index (χ3v) is 3.04. The molecule has 2 rings (SSSR count). The molecule has 5 heteroatoms. The number of rotatable bonds is 5. The van der Waals surface area contributed by atoms with Gasteiger partial charge >= 0.3 is 5.97 Å². The van der Waals surface area contributed by atoms with Crippen LogP contribution < -0.4 is 0 Å². The number of hydrogen-bond acceptors (Lipinski definition) is 3. The van der Waals surface area contributed by atoms with Crippen LogP contribution in [0, 0.1) is 0 Å². The minimum Gasteiger partial charge on any atom is -0.478 e. The monoisotopic (exact) mass is 248 g/mol. The van der Waals surface area contributed by atoms with Gasteiger partial charge in [0.05, 0.1) is 22.9 Å².